The minimum absolute atomic E-state index is 0.237. The Labute approximate surface area is 106 Å². The van der Waals surface area contributed by atoms with Crippen molar-refractivity contribution >= 4 is 5.88 Å². The SMILES string of the molecule is CCc1ccc(C(C)C)c(-c2cnoc2N)c1O. The lowest BCUT2D eigenvalue weighted by Gasteiger charge is -2.16. The predicted octanol–water partition coefficient (Wildman–Crippen LogP) is 3.32. The fourth-order valence-electron chi connectivity index (χ4n) is 2.14. The first-order chi connectivity index (χ1) is 8.56. The molecule has 1 aromatic carbocycles. The summed E-state index contributed by atoms with van der Waals surface area (Å²) in [6.07, 6.45) is 2.32. The van der Waals surface area contributed by atoms with Gasteiger partial charge in [0.15, 0.2) is 0 Å². The van der Waals surface area contributed by atoms with Crippen LogP contribution >= 0.6 is 0 Å². The van der Waals surface area contributed by atoms with E-state index in [0.717, 1.165) is 23.1 Å². The van der Waals surface area contributed by atoms with Crippen LogP contribution in [0, 0.1) is 0 Å². The number of anilines is 1. The molecular weight excluding hydrogens is 228 g/mol. The Morgan fingerprint density at radius 3 is 2.61 bits per heavy atom. The standard InChI is InChI=1S/C14H18N2O2/c1-4-9-5-6-10(8(2)3)12(13(9)17)11-7-16-18-14(11)15/h5-8,17H,4,15H2,1-3H3. The zero-order chi connectivity index (χ0) is 13.3. The van der Waals surface area contributed by atoms with Crippen LogP contribution in [-0.4, -0.2) is 10.3 Å². The normalized spacial score (nSPS) is 11.1. The summed E-state index contributed by atoms with van der Waals surface area (Å²) in [7, 11) is 0. The van der Waals surface area contributed by atoms with Gasteiger partial charge in [-0.05, 0) is 23.5 Å². The maximum atomic E-state index is 10.4. The smallest absolute Gasteiger partial charge is 0.230 e. The second-order valence-corrected chi connectivity index (χ2v) is 4.65. The molecule has 0 saturated carbocycles. The first-order valence-corrected chi connectivity index (χ1v) is 6.11. The average Bonchev–Trinajstić information content (AvgIpc) is 2.74. The number of hydrogen-bond donors (Lipinski definition) is 2. The Balaban J connectivity index is 2.73. The number of nitrogens with two attached hydrogens (primary N) is 1. The van der Waals surface area contributed by atoms with E-state index in [0.29, 0.717) is 5.56 Å². The van der Waals surface area contributed by atoms with Gasteiger partial charge in [0.2, 0.25) is 5.88 Å². The highest BCUT2D eigenvalue weighted by atomic mass is 16.5. The monoisotopic (exact) mass is 246 g/mol. The zero-order valence-corrected chi connectivity index (χ0v) is 10.9. The third-order valence-corrected chi connectivity index (χ3v) is 3.16. The summed E-state index contributed by atoms with van der Waals surface area (Å²) < 4.78 is 4.90. The molecule has 4 nitrogen and oxygen atoms in total. The number of aromatic nitrogens is 1. The Morgan fingerprint density at radius 1 is 1.39 bits per heavy atom. The maximum Gasteiger partial charge on any atom is 0.230 e. The van der Waals surface area contributed by atoms with Gasteiger partial charge in [0, 0.05) is 5.56 Å². The van der Waals surface area contributed by atoms with Gasteiger partial charge >= 0.3 is 0 Å². The number of phenolic OH excluding ortho intramolecular Hbond substituents is 1. The molecule has 0 unspecified atom stereocenters. The van der Waals surface area contributed by atoms with Gasteiger partial charge in [-0.1, -0.05) is 38.1 Å². The van der Waals surface area contributed by atoms with E-state index in [2.05, 4.69) is 19.0 Å². The van der Waals surface area contributed by atoms with Crippen LogP contribution in [0.1, 0.15) is 37.8 Å². The van der Waals surface area contributed by atoms with Crippen LogP contribution in [0.3, 0.4) is 0 Å². The summed E-state index contributed by atoms with van der Waals surface area (Å²) in [5, 5.41) is 14.1. The van der Waals surface area contributed by atoms with E-state index in [1.165, 1.54) is 0 Å². The topological polar surface area (TPSA) is 72.3 Å². The molecule has 0 amide bonds. The molecule has 0 aliphatic heterocycles. The van der Waals surface area contributed by atoms with E-state index >= 15 is 0 Å². The van der Waals surface area contributed by atoms with Gasteiger partial charge in [-0.2, -0.15) is 0 Å². The van der Waals surface area contributed by atoms with Crippen LogP contribution < -0.4 is 5.73 Å². The first-order valence-electron chi connectivity index (χ1n) is 6.11. The Morgan fingerprint density at radius 2 is 2.11 bits per heavy atom. The molecule has 0 spiro atoms. The molecule has 0 fully saturated rings. The maximum absolute atomic E-state index is 10.4. The van der Waals surface area contributed by atoms with Crippen molar-refractivity contribution in [2.75, 3.05) is 5.73 Å². The van der Waals surface area contributed by atoms with E-state index in [1.807, 2.05) is 19.1 Å². The highest BCUT2D eigenvalue weighted by Gasteiger charge is 2.19. The minimum atomic E-state index is 0.237. The number of nitrogens with zero attached hydrogens (tertiary/aromatic N) is 1. The molecule has 0 bridgehead atoms. The minimum Gasteiger partial charge on any atom is -0.507 e. The van der Waals surface area contributed by atoms with Crippen molar-refractivity contribution in [3.63, 3.8) is 0 Å². The van der Waals surface area contributed by atoms with Crippen LogP contribution in [0.15, 0.2) is 22.9 Å². The van der Waals surface area contributed by atoms with Gasteiger partial charge in [0.25, 0.3) is 0 Å². The first kappa shape index (κ1) is 12.5. The Bertz CT molecular complexity index is 559. The molecule has 0 aliphatic rings. The lowest BCUT2D eigenvalue weighted by atomic mass is 9.90. The third kappa shape index (κ3) is 1.94. The summed E-state index contributed by atoms with van der Waals surface area (Å²) in [5.74, 6) is 0.796. The molecule has 18 heavy (non-hydrogen) atoms. The number of benzene rings is 1. The van der Waals surface area contributed by atoms with Gasteiger partial charge in [0.05, 0.1) is 11.8 Å². The van der Waals surface area contributed by atoms with Crippen molar-refractivity contribution in [2.45, 2.75) is 33.1 Å². The second-order valence-electron chi connectivity index (χ2n) is 4.65. The Kier molecular flexibility index (Phi) is 3.28. The predicted molar refractivity (Wildman–Crippen MR) is 71.5 cm³/mol. The van der Waals surface area contributed by atoms with Crippen molar-refractivity contribution in [1.82, 2.24) is 5.16 Å². The molecule has 1 heterocycles. The van der Waals surface area contributed by atoms with Crippen LogP contribution in [0.25, 0.3) is 11.1 Å². The highest BCUT2D eigenvalue weighted by molar-refractivity contribution is 5.81. The fourth-order valence-corrected chi connectivity index (χ4v) is 2.14. The number of phenols is 1. The summed E-state index contributed by atoms with van der Waals surface area (Å²) in [6, 6.07) is 3.99. The van der Waals surface area contributed by atoms with Crippen LogP contribution in [0.2, 0.25) is 0 Å². The van der Waals surface area contributed by atoms with Crippen LogP contribution in [-0.2, 0) is 6.42 Å². The van der Waals surface area contributed by atoms with Gasteiger partial charge in [-0.15, -0.1) is 0 Å². The van der Waals surface area contributed by atoms with Gasteiger partial charge in [-0.3, -0.25) is 0 Å². The number of rotatable bonds is 3. The molecule has 0 aliphatic carbocycles. The van der Waals surface area contributed by atoms with Crippen LogP contribution in [0.5, 0.6) is 5.75 Å². The molecule has 3 N–H and O–H groups in total. The Hall–Kier alpha value is -1.97. The van der Waals surface area contributed by atoms with E-state index in [1.54, 1.807) is 6.20 Å². The van der Waals surface area contributed by atoms with E-state index in [4.69, 9.17) is 10.3 Å². The summed E-state index contributed by atoms with van der Waals surface area (Å²) in [6.45, 7) is 6.16. The molecule has 2 aromatic rings. The molecule has 1 aromatic heterocycles. The molecular formula is C14H18N2O2. The molecule has 2 rings (SSSR count). The molecule has 4 heteroatoms. The highest BCUT2D eigenvalue weighted by Crippen LogP contribution is 2.41. The second kappa shape index (κ2) is 4.72. The van der Waals surface area contributed by atoms with Crippen molar-refractivity contribution in [3.05, 3.63) is 29.5 Å². The summed E-state index contributed by atoms with van der Waals surface area (Å²) in [5.41, 5.74) is 9.10. The largest absolute Gasteiger partial charge is 0.507 e. The molecule has 0 radical (unpaired) electrons. The van der Waals surface area contributed by atoms with Gasteiger partial charge < -0.3 is 15.4 Å². The van der Waals surface area contributed by atoms with Crippen molar-refractivity contribution in [1.29, 1.82) is 0 Å². The summed E-state index contributed by atoms with van der Waals surface area (Å²) >= 11 is 0. The molecule has 0 atom stereocenters. The quantitative estimate of drug-likeness (QED) is 0.871. The van der Waals surface area contributed by atoms with E-state index in [9.17, 15) is 5.11 Å². The zero-order valence-electron chi connectivity index (χ0n) is 10.9. The lowest BCUT2D eigenvalue weighted by Crippen LogP contribution is -1.97. The van der Waals surface area contributed by atoms with E-state index < -0.39 is 0 Å². The number of aromatic hydroxyl groups is 1. The number of aryl methyl sites for hydroxylation is 1. The van der Waals surface area contributed by atoms with Crippen molar-refractivity contribution < 1.29 is 9.63 Å². The number of nitrogen functional groups attached to an aromatic ring is 1. The summed E-state index contributed by atoms with van der Waals surface area (Å²) in [4.78, 5) is 0. The van der Waals surface area contributed by atoms with Gasteiger partial charge in [-0.25, -0.2) is 0 Å². The molecule has 96 valence electrons. The lowest BCUT2D eigenvalue weighted by molar-refractivity contribution is 0.436. The third-order valence-electron chi connectivity index (χ3n) is 3.16. The number of hydrogen-bond acceptors (Lipinski definition) is 4. The van der Waals surface area contributed by atoms with Gasteiger partial charge in [0.1, 0.15) is 5.75 Å². The van der Waals surface area contributed by atoms with Crippen molar-refractivity contribution in [3.8, 4) is 16.9 Å². The molecule has 0 saturated heterocycles. The fraction of sp³-hybridized carbons (Fsp3) is 0.357. The van der Waals surface area contributed by atoms with Crippen molar-refractivity contribution in [2.24, 2.45) is 0 Å². The average molecular weight is 246 g/mol. The van der Waals surface area contributed by atoms with E-state index in [-0.39, 0.29) is 17.6 Å². The van der Waals surface area contributed by atoms with Crippen LogP contribution in [0.4, 0.5) is 5.88 Å².